The van der Waals surface area contributed by atoms with Crippen LogP contribution in [0.4, 0.5) is 0 Å². The first-order chi connectivity index (χ1) is 30.7. The van der Waals surface area contributed by atoms with Gasteiger partial charge in [0.25, 0.3) is 0 Å². The molecule has 0 aliphatic carbocycles. The van der Waals surface area contributed by atoms with Crippen LogP contribution in [0.25, 0.3) is 111 Å². The zero-order valence-electron chi connectivity index (χ0n) is 33.9. The fourth-order valence-electron chi connectivity index (χ4n) is 8.71. The Morgan fingerprint density at radius 3 is 0.855 bits per heavy atom. The van der Waals surface area contributed by atoms with E-state index in [2.05, 4.69) is 200 Å². The molecule has 0 fully saturated rings. The Morgan fingerprint density at radius 2 is 0.468 bits per heavy atom. The lowest BCUT2D eigenvalue weighted by Gasteiger charge is -2.20. The third-order valence-corrected chi connectivity index (χ3v) is 11.7. The van der Waals surface area contributed by atoms with E-state index in [9.17, 15) is 0 Å². The fraction of sp³-hybridized carbons (Fsp3) is 0. The van der Waals surface area contributed by atoms with Crippen LogP contribution in [0, 0.1) is 0 Å². The average Bonchev–Trinajstić information content (AvgIpc) is 3.36. The molecule has 3 nitrogen and oxygen atoms in total. The summed E-state index contributed by atoms with van der Waals surface area (Å²) >= 11 is 0. The first-order valence-corrected chi connectivity index (χ1v) is 21.0. The topological polar surface area (TPSA) is 38.7 Å². The number of rotatable bonds is 8. The molecular weight excluding hydrogens is 751 g/mol. The first-order valence-electron chi connectivity index (χ1n) is 21.0. The number of nitrogens with zero attached hydrogens (tertiary/aromatic N) is 3. The summed E-state index contributed by atoms with van der Waals surface area (Å²) in [7, 11) is 0. The smallest absolute Gasteiger partial charge is 0.164 e. The summed E-state index contributed by atoms with van der Waals surface area (Å²) in [6.07, 6.45) is 0. The van der Waals surface area contributed by atoms with Crippen molar-refractivity contribution in [3.05, 3.63) is 237 Å². The molecule has 0 saturated carbocycles. The van der Waals surface area contributed by atoms with Gasteiger partial charge in [-0.3, -0.25) is 0 Å². The van der Waals surface area contributed by atoms with E-state index in [-0.39, 0.29) is 0 Å². The molecule has 11 aromatic rings. The molecule has 0 aliphatic heterocycles. The van der Waals surface area contributed by atoms with E-state index >= 15 is 0 Å². The van der Waals surface area contributed by atoms with Crippen LogP contribution in [0.15, 0.2) is 237 Å². The van der Waals surface area contributed by atoms with E-state index < -0.39 is 0 Å². The van der Waals surface area contributed by atoms with Gasteiger partial charge in [0.05, 0.1) is 0 Å². The minimum Gasteiger partial charge on any atom is -0.208 e. The Kier molecular flexibility index (Phi) is 9.53. The monoisotopic (exact) mass is 789 g/mol. The fourth-order valence-corrected chi connectivity index (χ4v) is 8.71. The van der Waals surface area contributed by atoms with E-state index in [4.69, 9.17) is 15.0 Å². The van der Waals surface area contributed by atoms with E-state index in [0.29, 0.717) is 17.5 Å². The van der Waals surface area contributed by atoms with Gasteiger partial charge in [-0.2, -0.15) is 0 Å². The molecule has 11 rings (SSSR count). The Balaban J connectivity index is 1.18. The van der Waals surface area contributed by atoms with Crippen molar-refractivity contribution in [2.24, 2.45) is 0 Å². The molecule has 62 heavy (non-hydrogen) atoms. The number of benzene rings is 10. The van der Waals surface area contributed by atoms with Gasteiger partial charge in [-0.15, -0.1) is 0 Å². The quantitative estimate of drug-likeness (QED) is 0.144. The summed E-state index contributed by atoms with van der Waals surface area (Å²) in [6, 6.07) is 84.0. The summed E-state index contributed by atoms with van der Waals surface area (Å²) in [4.78, 5) is 15.2. The lowest BCUT2D eigenvalue weighted by Crippen LogP contribution is -2.00. The van der Waals surface area contributed by atoms with Crippen molar-refractivity contribution in [3.8, 4) is 89.8 Å². The average molecular weight is 790 g/mol. The maximum Gasteiger partial charge on any atom is 0.164 e. The largest absolute Gasteiger partial charge is 0.208 e. The third kappa shape index (κ3) is 7.02. The highest BCUT2D eigenvalue weighted by Crippen LogP contribution is 2.46. The highest BCUT2D eigenvalue weighted by molar-refractivity contribution is 6.22. The van der Waals surface area contributed by atoms with Gasteiger partial charge in [-0.05, 0) is 108 Å². The van der Waals surface area contributed by atoms with Crippen LogP contribution in [0.1, 0.15) is 0 Å². The Hall–Kier alpha value is -8.27. The van der Waals surface area contributed by atoms with Crippen LogP contribution in [0.3, 0.4) is 0 Å². The van der Waals surface area contributed by atoms with Crippen molar-refractivity contribution in [2.75, 3.05) is 0 Å². The second-order valence-corrected chi connectivity index (χ2v) is 15.6. The van der Waals surface area contributed by atoms with Crippen molar-refractivity contribution in [3.63, 3.8) is 0 Å². The minimum atomic E-state index is 0.628. The molecule has 3 heteroatoms. The molecule has 0 saturated heterocycles. The molecule has 0 amide bonds. The van der Waals surface area contributed by atoms with Gasteiger partial charge >= 0.3 is 0 Å². The van der Waals surface area contributed by atoms with E-state index in [0.717, 1.165) is 44.2 Å². The van der Waals surface area contributed by atoms with Crippen LogP contribution < -0.4 is 0 Å². The molecule has 0 unspecified atom stereocenters. The standard InChI is InChI=1S/C59H39N3/c1-7-19-40(20-8-1)48-35-49(41-21-9-2-10-22-41)37-50(36-48)46-31-33-51-53(38-46)55(42-23-11-3-12-24-42)52-34-32-47(39-54(52)56(51)43-25-13-4-14-26-43)59-61-57(44-27-15-5-16-28-44)60-58(62-59)45-29-17-6-18-30-45/h1-39H. The number of hydrogen-bond acceptors (Lipinski definition) is 3. The summed E-state index contributed by atoms with van der Waals surface area (Å²) in [5, 5.41) is 4.66. The Morgan fingerprint density at radius 1 is 0.177 bits per heavy atom. The number of hydrogen-bond donors (Lipinski definition) is 0. The van der Waals surface area contributed by atoms with E-state index in [1.165, 1.54) is 49.7 Å². The molecule has 10 aromatic carbocycles. The Bertz CT molecular complexity index is 3010. The van der Waals surface area contributed by atoms with Crippen molar-refractivity contribution >= 4 is 21.5 Å². The summed E-state index contributed by atoms with van der Waals surface area (Å²) in [5.74, 6) is 1.91. The van der Waals surface area contributed by atoms with E-state index in [1.807, 2.05) is 36.4 Å². The van der Waals surface area contributed by atoms with Gasteiger partial charge in [0.1, 0.15) is 0 Å². The van der Waals surface area contributed by atoms with Crippen molar-refractivity contribution < 1.29 is 0 Å². The molecule has 0 radical (unpaired) electrons. The third-order valence-electron chi connectivity index (χ3n) is 11.7. The van der Waals surface area contributed by atoms with Crippen LogP contribution in [0.2, 0.25) is 0 Å². The van der Waals surface area contributed by atoms with Gasteiger partial charge in [0.2, 0.25) is 0 Å². The number of aromatic nitrogens is 3. The predicted octanol–water partition coefficient (Wildman–Crippen LogP) is 15.5. The zero-order valence-corrected chi connectivity index (χ0v) is 33.9. The zero-order chi connectivity index (χ0) is 41.2. The summed E-state index contributed by atoms with van der Waals surface area (Å²) in [6.45, 7) is 0. The van der Waals surface area contributed by atoms with Crippen LogP contribution in [0.5, 0.6) is 0 Å². The summed E-state index contributed by atoms with van der Waals surface area (Å²) < 4.78 is 0. The van der Waals surface area contributed by atoms with Gasteiger partial charge < -0.3 is 0 Å². The highest BCUT2D eigenvalue weighted by atomic mass is 15.0. The lowest BCUT2D eigenvalue weighted by atomic mass is 9.84. The van der Waals surface area contributed by atoms with Gasteiger partial charge in [0.15, 0.2) is 17.5 Å². The Labute approximate surface area is 361 Å². The van der Waals surface area contributed by atoms with Gasteiger partial charge in [-0.25, -0.2) is 15.0 Å². The normalized spacial score (nSPS) is 11.2. The van der Waals surface area contributed by atoms with Crippen LogP contribution in [-0.4, -0.2) is 15.0 Å². The molecule has 0 bridgehead atoms. The molecule has 0 atom stereocenters. The van der Waals surface area contributed by atoms with Crippen molar-refractivity contribution in [1.82, 2.24) is 15.0 Å². The second-order valence-electron chi connectivity index (χ2n) is 15.6. The molecule has 0 N–H and O–H groups in total. The predicted molar refractivity (Wildman–Crippen MR) is 258 cm³/mol. The van der Waals surface area contributed by atoms with Crippen molar-refractivity contribution in [1.29, 1.82) is 0 Å². The molecule has 1 heterocycles. The van der Waals surface area contributed by atoms with Gasteiger partial charge in [-0.1, -0.05) is 206 Å². The summed E-state index contributed by atoms with van der Waals surface area (Å²) in [5.41, 5.74) is 14.6. The maximum absolute atomic E-state index is 5.13. The van der Waals surface area contributed by atoms with Gasteiger partial charge in [0, 0.05) is 16.7 Å². The minimum absolute atomic E-state index is 0.628. The molecule has 0 aliphatic rings. The number of fused-ring (bicyclic) bond motifs is 2. The molecular formula is C59H39N3. The molecule has 290 valence electrons. The van der Waals surface area contributed by atoms with Crippen LogP contribution >= 0.6 is 0 Å². The van der Waals surface area contributed by atoms with Crippen molar-refractivity contribution in [2.45, 2.75) is 0 Å². The SMILES string of the molecule is c1ccc(-c2cc(-c3ccccc3)cc(-c3ccc4c(-c5ccccc5)c5cc(-c6nc(-c7ccccc7)nc(-c7ccccc7)n6)ccc5c(-c5ccccc5)c4c3)c2)cc1. The lowest BCUT2D eigenvalue weighted by molar-refractivity contribution is 1.07. The molecule has 0 spiro atoms. The maximum atomic E-state index is 5.13. The van der Waals surface area contributed by atoms with E-state index in [1.54, 1.807) is 0 Å². The highest BCUT2D eigenvalue weighted by Gasteiger charge is 2.20. The second kappa shape index (κ2) is 16.1. The first kappa shape index (κ1) is 36.8. The van der Waals surface area contributed by atoms with Crippen LogP contribution in [-0.2, 0) is 0 Å². The molecule has 1 aromatic heterocycles.